The van der Waals surface area contributed by atoms with E-state index >= 15 is 0 Å². The lowest BCUT2D eigenvalue weighted by Crippen LogP contribution is -2.42. The lowest BCUT2D eigenvalue weighted by Gasteiger charge is -2.12. The van der Waals surface area contributed by atoms with Crippen molar-refractivity contribution in [1.82, 2.24) is 19.3 Å². The molecule has 3 rings (SSSR count). The molecule has 2 heterocycles. The van der Waals surface area contributed by atoms with Gasteiger partial charge in [0.15, 0.2) is 5.82 Å². The molecule has 0 aromatic carbocycles. The quantitative estimate of drug-likeness (QED) is 0.698. The van der Waals surface area contributed by atoms with Crippen molar-refractivity contribution in [2.24, 2.45) is 12.8 Å². The minimum absolute atomic E-state index is 0.109. The molecule has 0 amide bonds. The average molecular weight is 293 g/mol. The smallest absolute Gasteiger partial charge is 0.331 e. The molecule has 1 atom stereocenters. The van der Waals surface area contributed by atoms with Gasteiger partial charge in [0, 0.05) is 12.6 Å². The van der Waals surface area contributed by atoms with Crippen LogP contribution in [0.1, 0.15) is 35.5 Å². The van der Waals surface area contributed by atoms with Crippen LogP contribution in [0.5, 0.6) is 0 Å². The third kappa shape index (κ3) is 2.10. The molecule has 3 N–H and O–H groups in total. The Morgan fingerprint density at radius 3 is 2.90 bits per heavy atom. The summed E-state index contributed by atoms with van der Waals surface area (Å²) in [6, 6.07) is 0. The van der Waals surface area contributed by atoms with Crippen LogP contribution in [0.2, 0.25) is 0 Å². The van der Waals surface area contributed by atoms with Crippen molar-refractivity contribution in [3.05, 3.63) is 43.8 Å². The number of nitrogens with zero attached hydrogens (tertiary/aromatic N) is 4. The maximum absolute atomic E-state index is 12.4. The molecule has 0 bridgehead atoms. The topological polar surface area (TPSA) is 129 Å². The Morgan fingerprint density at radius 1 is 1.48 bits per heavy atom. The zero-order valence-corrected chi connectivity index (χ0v) is 11.4. The molecule has 21 heavy (non-hydrogen) atoms. The van der Waals surface area contributed by atoms with Gasteiger partial charge in [0.2, 0.25) is 5.89 Å². The van der Waals surface area contributed by atoms with Crippen LogP contribution in [0.3, 0.4) is 0 Å². The second-order valence-electron chi connectivity index (χ2n) is 4.96. The van der Waals surface area contributed by atoms with Gasteiger partial charge < -0.3 is 15.4 Å². The highest BCUT2D eigenvalue weighted by Gasteiger charge is 2.28. The number of aromatic nitrogens is 4. The third-order valence-electron chi connectivity index (χ3n) is 3.66. The van der Waals surface area contributed by atoms with Crippen molar-refractivity contribution in [3.63, 3.8) is 0 Å². The molecule has 2 aromatic heterocycles. The van der Waals surface area contributed by atoms with E-state index in [0.29, 0.717) is 29.9 Å². The Hall–Kier alpha value is -2.26. The van der Waals surface area contributed by atoms with Crippen LogP contribution in [0.15, 0.2) is 14.1 Å². The first-order valence-electron chi connectivity index (χ1n) is 6.55. The third-order valence-corrected chi connectivity index (χ3v) is 3.66. The minimum atomic E-state index is -0.771. The Morgan fingerprint density at radius 2 is 2.24 bits per heavy atom. The van der Waals surface area contributed by atoms with Gasteiger partial charge in [-0.2, -0.15) is 4.98 Å². The summed E-state index contributed by atoms with van der Waals surface area (Å²) in [4.78, 5) is 28.6. The molecule has 9 nitrogen and oxygen atoms in total. The Kier molecular flexibility index (Phi) is 3.22. The lowest BCUT2D eigenvalue weighted by molar-refractivity contribution is 0.171. The van der Waals surface area contributed by atoms with Crippen molar-refractivity contribution < 1.29 is 9.63 Å². The van der Waals surface area contributed by atoms with Crippen LogP contribution in [0.25, 0.3) is 0 Å². The van der Waals surface area contributed by atoms with Crippen LogP contribution < -0.4 is 17.0 Å². The number of fused-ring (bicyclic) bond motifs is 1. The number of hydrogen-bond donors (Lipinski definition) is 2. The van der Waals surface area contributed by atoms with Gasteiger partial charge in [0.25, 0.3) is 5.56 Å². The maximum atomic E-state index is 12.4. The zero-order valence-electron chi connectivity index (χ0n) is 11.4. The SMILES string of the molecule is Cn1c2c(c(=O)n(Cc3nc(CN)no3)c1=O)CCC2O. The van der Waals surface area contributed by atoms with E-state index in [1.807, 2.05) is 0 Å². The molecule has 112 valence electrons. The van der Waals surface area contributed by atoms with Crippen molar-refractivity contribution in [3.8, 4) is 0 Å². The molecule has 9 heteroatoms. The summed E-state index contributed by atoms with van der Waals surface area (Å²) in [6.07, 6.45) is 0.119. The molecule has 0 spiro atoms. The summed E-state index contributed by atoms with van der Waals surface area (Å²) in [6.45, 7) is 0.00860. The van der Waals surface area contributed by atoms with E-state index in [1.165, 1.54) is 11.6 Å². The number of nitrogens with two attached hydrogens (primary N) is 1. The van der Waals surface area contributed by atoms with Crippen molar-refractivity contribution in [2.45, 2.75) is 32.0 Å². The highest BCUT2D eigenvalue weighted by molar-refractivity contribution is 5.25. The molecule has 0 radical (unpaired) electrons. The maximum Gasteiger partial charge on any atom is 0.331 e. The summed E-state index contributed by atoms with van der Waals surface area (Å²) in [5.41, 5.74) is 5.30. The monoisotopic (exact) mass is 293 g/mol. The first-order valence-corrected chi connectivity index (χ1v) is 6.55. The summed E-state index contributed by atoms with van der Waals surface area (Å²) in [7, 11) is 1.53. The van der Waals surface area contributed by atoms with E-state index in [-0.39, 0.29) is 19.0 Å². The first kappa shape index (κ1) is 13.7. The summed E-state index contributed by atoms with van der Waals surface area (Å²) >= 11 is 0. The molecule has 1 aliphatic rings. The van der Waals surface area contributed by atoms with Gasteiger partial charge in [-0.1, -0.05) is 5.16 Å². The first-order chi connectivity index (χ1) is 10.0. The van der Waals surface area contributed by atoms with Crippen molar-refractivity contribution >= 4 is 0 Å². The molecule has 0 aliphatic heterocycles. The average Bonchev–Trinajstić information content (AvgIpc) is 3.08. The predicted octanol–water partition coefficient (Wildman–Crippen LogP) is -1.58. The summed E-state index contributed by atoms with van der Waals surface area (Å²) in [5.74, 6) is 0.458. The fourth-order valence-corrected chi connectivity index (χ4v) is 2.64. The Bertz CT molecular complexity index is 803. The standard InChI is InChI=1S/C12H15N5O4/c1-16-10-6(2-3-7(10)18)11(19)17(12(16)20)5-9-14-8(4-13)15-21-9/h7,18H,2-5,13H2,1H3. The number of aliphatic hydroxyl groups excluding tert-OH is 1. The van der Waals surface area contributed by atoms with Gasteiger partial charge in [0.1, 0.15) is 6.54 Å². The molecule has 1 aliphatic carbocycles. The van der Waals surface area contributed by atoms with E-state index in [9.17, 15) is 14.7 Å². The molecular weight excluding hydrogens is 278 g/mol. The summed E-state index contributed by atoms with van der Waals surface area (Å²) in [5, 5.41) is 13.5. The highest BCUT2D eigenvalue weighted by atomic mass is 16.5. The van der Waals surface area contributed by atoms with E-state index in [2.05, 4.69) is 10.1 Å². The largest absolute Gasteiger partial charge is 0.387 e. The van der Waals surface area contributed by atoms with Crippen LogP contribution in [-0.4, -0.2) is 24.4 Å². The van der Waals surface area contributed by atoms with Gasteiger partial charge in [-0.05, 0) is 12.8 Å². The van der Waals surface area contributed by atoms with E-state index in [1.54, 1.807) is 0 Å². The number of rotatable bonds is 3. The second-order valence-corrected chi connectivity index (χ2v) is 4.96. The van der Waals surface area contributed by atoms with Crippen molar-refractivity contribution in [2.75, 3.05) is 0 Å². The van der Waals surface area contributed by atoms with Crippen LogP contribution in [0.4, 0.5) is 0 Å². The Balaban J connectivity index is 2.10. The minimum Gasteiger partial charge on any atom is -0.387 e. The molecule has 1 unspecified atom stereocenters. The molecular formula is C12H15N5O4. The zero-order chi connectivity index (χ0) is 15.1. The van der Waals surface area contributed by atoms with Gasteiger partial charge in [-0.15, -0.1) is 0 Å². The molecule has 0 saturated heterocycles. The normalized spacial score (nSPS) is 17.2. The van der Waals surface area contributed by atoms with E-state index in [4.69, 9.17) is 10.3 Å². The van der Waals surface area contributed by atoms with E-state index in [0.717, 1.165) is 4.57 Å². The van der Waals surface area contributed by atoms with Crippen LogP contribution in [0, 0.1) is 0 Å². The highest BCUT2D eigenvalue weighted by Crippen LogP contribution is 2.26. The molecule has 0 fully saturated rings. The fraction of sp³-hybridized carbons (Fsp3) is 0.500. The second kappa shape index (κ2) is 4.93. The lowest BCUT2D eigenvalue weighted by atomic mass is 10.2. The Labute approximate surface area is 118 Å². The summed E-state index contributed by atoms with van der Waals surface area (Å²) < 4.78 is 7.28. The predicted molar refractivity (Wildman–Crippen MR) is 70.5 cm³/mol. The van der Waals surface area contributed by atoms with Crippen LogP contribution in [-0.2, 0) is 26.6 Å². The van der Waals surface area contributed by atoms with Gasteiger partial charge in [-0.3, -0.25) is 13.9 Å². The van der Waals surface area contributed by atoms with Gasteiger partial charge >= 0.3 is 5.69 Å². The van der Waals surface area contributed by atoms with Gasteiger partial charge in [-0.25, -0.2) is 4.79 Å². The van der Waals surface area contributed by atoms with Crippen molar-refractivity contribution in [1.29, 1.82) is 0 Å². The number of hydrogen-bond acceptors (Lipinski definition) is 7. The molecule has 2 aromatic rings. The van der Waals surface area contributed by atoms with E-state index < -0.39 is 17.4 Å². The fourth-order valence-electron chi connectivity index (χ4n) is 2.64. The van der Waals surface area contributed by atoms with Crippen LogP contribution >= 0.6 is 0 Å². The van der Waals surface area contributed by atoms with Gasteiger partial charge in [0.05, 0.1) is 18.3 Å². The number of aliphatic hydroxyl groups is 1. The molecule has 0 saturated carbocycles.